The summed E-state index contributed by atoms with van der Waals surface area (Å²) >= 11 is 0. The maximum Gasteiger partial charge on any atom is 0.347 e. The van der Waals surface area contributed by atoms with E-state index in [1.165, 1.54) is 26.2 Å². The fourth-order valence-electron chi connectivity index (χ4n) is 3.96. The Labute approximate surface area is 206 Å². The molecule has 186 valence electrons. The van der Waals surface area contributed by atoms with E-state index in [1.54, 1.807) is 38.1 Å². The molecule has 1 aliphatic rings. The summed E-state index contributed by atoms with van der Waals surface area (Å²) in [5.74, 6) is -2.43. The molecule has 0 spiro atoms. The van der Waals surface area contributed by atoms with Gasteiger partial charge in [-0.15, -0.1) is 0 Å². The number of nitrogens with one attached hydrogen (secondary N) is 2. The lowest BCUT2D eigenvalue weighted by molar-refractivity contribution is -0.114. The smallest absolute Gasteiger partial charge is 0.347 e. The summed E-state index contributed by atoms with van der Waals surface area (Å²) in [4.78, 5) is 36.4. The third-order valence-electron chi connectivity index (χ3n) is 5.72. The van der Waals surface area contributed by atoms with E-state index in [1.807, 2.05) is 0 Å². The number of hydrogen-bond donors (Lipinski definition) is 4. The van der Waals surface area contributed by atoms with Crippen LogP contribution in [0.1, 0.15) is 44.3 Å². The van der Waals surface area contributed by atoms with Gasteiger partial charge in [-0.25, -0.2) is 9.59 Å². The molecule has 0 atom stereocenters. The molecule has 1 heterocycles. The van der Waals surface area contributed by atoms with Crippen LogP contribution in [0.3, 0.4) is 0 Å². The number of carbonyl (C=O) groups is 3. The fourth-order valence-corrected chi connectivity index (χ4v) is 3.96. The first-order chi connectivity index (χ1) is 17.1. The maximum absolute atomic E-state index is 13.2. The van der Waals surface area contributed by atoms with E-state index in [0.29, 0.717) is 22.5 Å². The van der Waals surface area contributed by atoms with E-state index in [4.69, 9.17) is 14.2 Å². The molecule has 1 amide bonds. The highest BCUT2D eigenvalue weighted by molar-refractivity contribution is 6.00. The Kier molecular flexibility index (Phi) is 6.43. The highest BCUT2D eigenvalue weighted by Crippen LogP contribution is 2.48. The van der Waals surface area contributed by atoms with Gasteiger partial charge in [-0.3, -0.25) is 4.79 Å². The second-order valence-corrected chi connectivity index (χ2v) is 8.21. The van der Waals surface area contributed by atoms with Crippen LogP contribution < -0.4 is 24.8 Å². The SMILES string of the molecule is COc1cc(C(=O)O)c2c(c1C)OC(=O)c1c(C)cc(O)c(CNc3ccc(NC(C)=O)cc3)c1O2. The zero-order chi connectivity index (χ0) is 26.1. The summed E-state index contributed by atoms with van der Waals surface area (Å²) in [7, 11) is 1.38. The summed E-state index contributed by atoms with van der Waals surface area (Å²) in [6.07, 6.45) is 0. The molecule has 0 unspecified atom stereocenters. The summed E-state index contributed by atoms with van der Waals surface area (Å²) < 4.78 is 16.9. The molecule has 10 heteroatoms. The van der Waals surface area contributed by atoms with Crippen molar-refractivity contribution in [3.63, 3.8) is 0 Å². The number of carboxylic acids is 1. The highest BCUT2D eigenvalue weighted by atomic mass is 16.6. The Morgan fingerprint density at radius 2 is 1.67 bits per heavy atom. The Hall–Kier alpha value is -4.73. The Morgan fingerprint density at radius 1 is 1.00 bits per heavy atom. The van der Waals surface area contributed by atoms with Crippen molar-refractivity contribution < 1.29 is 38.8 Å². The molecule has 0 bridgehead atoms. The van der Waals surface area contributed by atoms with Crippen LogP contribution in [0.5, 0.6) is 28.7 Å². The molecule has 0 aromatic heterocycles. The number of methoxy groups -OCH3 is 1. The number of hydrogen-bond acceptors (Lipinski definition) is 8. The first-order valence-corrected chi connectivity index (χ1v) is 10.9. The van der Waals surface area contributed by atoms with E-state index in [9.17, 15) is 24.6 Å². The number of aryl methyl sites for hydroxylation is 1. The number of fused-ring (bicyclic) bond motifs is 2. The lowest BCUT2D eigenvalue weighted by Gasteiger charge is -2.18. The third kappa shape index (κ3) is 4.48. The predicted octanol–water partition coefficient (Wildman–Crippen LogP) is 4.61. The van der Waals surface area contributed by atoms with Gasteiger partial charge in [0.1, 0.15) is 22.6 Å². The molecule has 0 fully saturated rings. The van der Waals surface area contributed by atoms with Crippen molar-refractivity contribution in [1.29, 1.82) is 0 Å². The molecule has 4 rings (SSSR count). The monoisotopic (exact) mass is 492 g/mol. The van der Waals surface area contributed by atoms with E-state index in [0.717, 1.165) is 0 Å². The number of phenolic OH excluding ortho intramolecular Hbond substituents is 1. The van der Waals surface area contributed by atoms with Gasteiger partial charge in [-0.1, -0.05) is 0 Å². The third-order valence-corrected chi connectivity index (χ3v) is 5.72. The van der Waals surface area contributed by atoms with Crippen molar-refractivity contribution in [2.75, 3.05) is 17.7 Å². The second kappa shape index (κ2) is 9.49. The Morgan fingerprint density at radius 3 is 2.28 bits per heavy atom. The van der Waals surface area contributed by atoms with E-state index < -0.39 is 11.9 Å². The Bertz CT molecular complexity index is 1400. The molecule has 3 aromatic carbocycles. The van der Waals surface area contributed by atoms with Gasteiger partial charge in [-0.2, -0.15) is 0 Å². The lowest BCUT2D eigenvalue weighted by atomic mass is 10.0. The number of benzene rings is 3. The van der Waals surface area contributed by atoms with Crippen LogP contribution in [-0.4, -0.2) is 35.2 Å². The van der Waals surface area contributed by atoms with E-state index in [-0.39, 0.29) is 57.9 Å². The highest BCUT2D eigenvalue weighted by Gasteiger charge is 2.34. The van der Waals surface area contributed by atoms with Crippen molar-refractivity contribution >= 4 is 29.2 Å². The topological polar surface area (TPSA) is 143 Å². The summed E-state index contributed by atoms with van der Waals surface area (Å²) in [5.41, 5.74) is 2.11. The first-order valence-electron chi connectivity index (χ1n) is 10.9. The number of aromatic hydroxyl groups is 1. The predicted molar refractivity (Wildman–Crippen MR) is 131 cm³/mol. The van der Waals surface area contributed by atoms with Crippen LogP contribution in [0.4, 0.5) is 11.4 Å². The van der Waals surface area contributed by atoms with Gasteiger partial charge >= 0.3 is 11.9 Å². The average Bonchev–Trinajstić information content (AvgIpc) is 2.96. The molecule has 0 saturated heterocycles. The maximum atomic E-state index is 13.2. The quantitative estimate of drug-likeness (QED) is 0.286. The summed E-state index contributed by atoms with van der Waals surface area (Å²) in [6.45, 7) is 4.68. The second-order valence-electron chi connectivity index (χ2n) is 8.21. The number of carbonyl (C=O) groups excluding carboxylic acids is 2. The van der Waals surface area contributed by atoms with Gasteiger partial charge in [-0.05, 0) is 55.8 Å². The molecule has 1 aliphatic heterocycles. The number of amides is 1. The first kappa shape index (κ1) is 24.4. The fraction of sp³-hybridized carbons (Fsp3) is 0.192. The van der Waals surface area contributed by atoms with Gasteiger partial charge in [0.2, 0.25) is 5.91 Å². The van der Waals surface area contributed by atoms with Gasteiger partial charge in [0.25, 0.3) is 0 Å². The Balaban J connectivity index is 1.78. The number of carboxylic acid groups (broad SMARTS) is 1. The minimum absolute atomic E-state index is 0.00863. The lowest BCUT2D eigenvalue weighted by Crippen LogP contribution is -2.12. The normalized spacial score (nSPS) is 11.8. The molecule has 10 nitrogen and oxygen atoms in total. The van der Waals surface area contributed by atoms with Crippen LogP contribution in [0.25, 0.3) is 0 Å². The zero-order valence-corrected chi connectivity index (χ0v) is 20.0. The number of aromatic carboxylic acids is 1. The van der Waals surface area contributed by atoms with Crippen LogP contribution in [-0.2, 0) is 11.3 Å². The minimum Gasteiger partial charge on any atom is -0.507 e. The molecule has 4 N–H and O–H groups in total. The minimum atomic E-state index is -1.31. The molecule has 0 aliphatic carbocycles. The van der Waals surface area contributed by atoms with Crippen molar-refractivity contribution in [3.8, 4) is 28.7 Å². The van der Waals surface area contributed by atoms with Gasteiger partial charge < -0.3 is 35.1 Å². The molecule has 3 aromatic rings. The molecular weight excluding hydrogens is 468 g/mol. The summed E-state index contributed by atoms with van der Waals surface area (Å²) in [6, 6.07) is 9.59. The number of anilines is 2. The van der Waals surface area contributed by atoms with Gasteiger partial charge in [0.05, 0.1) is 12.7 Å². The molecule has 36 heavy (non-hydrogen) atoms. The van der Waals surface area contributed by atoms with Crippen LogP contribution in [0, 0.1) is 13.8 Å². The van der Waals surface area contributed by atoms with Crippen LogP contribution in [0.15, 0.2) is 36.4 Å². The number of rotatable bonds is 6. The van der Waals surface area contributed by atoms with Crippen LogP contribution >= 0.6 is 0 Å². The standard InChI is InChI=1S/C26H24N2O8/c1-12-9-19(30)18(11-27-15-5-7-16(8-6-15)28-14(3)29)23-21(12)26(33)36-22-13(2)20(34-4)10-17(25(31)32)24(22)35-23/h5-10,27,30H,11H2,1-4H3,(H,28,29)(H,31,32). The van der Waals surface area contributed by atoms with Gasteiger partial charge in [0, 0.05) is 30.4 Å². The number of phenols is 1. The number of ether oxygens (including phenoxy) is 3. The average molecular weight is 492 g/mol. The van der Waals surface area contributed by atoms with E-state index >= 15 is 0 Å². The van der Waals surface area contributed by atoms with E-state index in [2.05, 4.69) is 10.6 Å². The molecule has 0 saturated carbocycles. The van der Waals surface area contributed by atoms with Crippen LogP contribution in [0.2, 0.25) is 0 Å². The molecular formula is C26H24N2O8. The number of esters is 1. The zero-order valence-electron chi connectivity index (χ0n) is 20.0. The molecule has 0 radical (unpaired) electrons. The largest absolute Gasteiger partial charge is 0.507 e. The van der Waals surface area contributed by atoms with Crippen molar-refractivity contribution in [2.45, 2.75) is 27.3 Å². The van der Waals surface area contributed by atoms with Crippen molar-refractivity contribution in [1.82, 2.24) is 0 Å². The summed E-state index contributed by atoms with van der Waals surface area (Å²) in [5, 5.41) is 26.4. The van der Waals surface area contributed by atoms with Gasteiger partial charge in [0.15, 0.2) is 17.2 Å². The van der Waals surface area contributed by atoms with Crippen molar-refractivity contribution in [3.05, 3.63) is 64.2 Å². The van der Waals surface area contributed by atoms with Crippen molar-refractivity contribution in [2.24, 2.45) is 0 Å².